The van der Waals surface area contributed by atoms with Gasteiger partial charge >= 0.3 is 5.69 Å². The maximum absolute atomic E-state index is 12.3. The Labute approximate surface area is 152 Å². The largest absolute Gasteiger partial charge is 0.353 e. The van der Waals surface area contributed by atoms with Crippen molar-refractivity contribution < 1.29 is 4.79 Å². The summed E-state index contributed by atoms with van der Waals surface area (Å²) in [5, 5.41) is 2.69. The average Bonchev–Trinajstić information content (AvgIpc) is 3.05. The Morgan fingerprint density at radius 3 is 2.56 bits per heavy atom. The molecular weight excluding hydrogens is 354 g/mol. The first-order valence-corrected chi connectivity index (χ1v) is 8.20. The zero-order valence-corrected chi connectivity index (χ0v) is 15.2. The number of imidazole rings is 1. The predicted molar refractivity (Wildman–Crippen MR) is 96.5 cm³/mol. The minimum absolute atomic E-state index is 0.134. The summed E-state index contributed by atoms with van der Waals surface area (Å²) in [7, 11) is 2.88. The highest BCUT2D eigenvalue weighted by Gasteiger charge is 2.15. The molecule has 0 aliphatic carbocycles. The Hall–Kier alpha value is -3.50. The molecule has 0 unspecified atom stereocenters. The number of nitrogens with one attached hydrogen (secondary N) is 1. The van der Waals surface area contributed by atoms with Crippen molar-refractivity contribution in [2.24, 2.45) is 14.1 Å². The van der Waals surface area contributed by atoms with Crippen LogP contribution in [0, 0.1) is 6.92 Å². The summed E-state index contributed by atoms with van der Waals surface area (Å²) in [6.45, 7) is 2.04. The molecule has 0 aliphatic rings. The molecular formula is C16H19N7O4. The minimum atomic E-state index is -0.518. The monoisotopic (exact) mass is 373 g/mol. The maximum Gasteiger partial charge on any atom is 0.332 e. The van der Waals surface area contributed by atoms with Crippen molar-refractivity contribution in [2.75, 3.05) is 6.54 Å². The van der Waals surface area contributed by atoms with E-state index >= 15 is 0 Å². The van der Waals surface area contributed by atoms with Gasteiger partial charge in [-0.05, 0) is 6.92 Å². The summed E-state index contributed by atoms with van der Waals surface area (Å²) in [6, 6.07) is 0. The number of carbonyl (C=O) groups is 1. The van der Waals surface area contributed by atoms with Gasteiger partial charge < -0.3 is 9.88 Å². The molecule has 3 aromatic rings. The Kier molecular flexibility index (Phi) is 4.75. The molecule has 1 N–H and O–H groups in total. The second kappa shape index (κ2) is 7.02. The van der Waals surface area contributed by atoms with Crippen LogP contribution in [0.25, 0.3) is 11.2 Å². The number of aromatic nitrogens is 6. The van der Waals surface area contributed by atoms with Crippen LogP contribution >= 0.6 is 0 Å². The third-order valence-electron chi connectivity index (χ3n) is 4.28. The van der Waals surface area contributed by atoms with Crippen LogP contribution in [0.5, 0.6) is 0 Å². The van der Waals surface area contributed by atoms with E-state index in [1.54, 1.807) is 6.92 Å². The first kappa shape index (κ1) is 18.3. The molecule has 1 amide bonds. The van der Waals surface area contributed by atoms with E-state index in [2.05, 4.69) is 15.3 Å². The van der Waals surface area contributed by atoms with Crippen LogP contribution in [0.2, 0.25) is 0 Å². The topological polar surface area (TPSA) is 126 Å². The van der Waals surface area contributed by atoms with Gasteiger partial charge in [-0.1, -0.05) is 0 Å². The third-order valence-corrected chi connectivity index (χ3v) is 4.28. The molecule has 3 heterocycles. The lowest BCUT2D eigenvalue weighted by Crippen LogP contribution is -2.38. The lowest BCUT2D eigenvalue weighted by Gasteiger charge is -2.09. The van der Waals surface area contributed by atoms with Crippen molar-refractivity contribution in [3.8, 4) is 0 Å². The molecule has 0 saturated heterocycles. The molecule has 3 rings (SSSR count). The standard InChI is InChI=1S/C16H19N7O4/c1-10-6-17-8-22(14(10)25)5-4-18-11(24)7-23-9-19-13-12(23)15(26)21(3)16(27)20(13)2/h6,8-9H,4-5,7H2,1-3H3,(H,18,24). The molecule has 27 heavy (non-hydrogen) atoms. The zero-order chi connectivity index (χ0) is 19.7. The summed E-state index contributed by atoms with van der Waals surface area (Å²) >= 11 is 0. The van der Waals surface area contributed by atoms with Gasteiger partial charge in [0.15, 0.2) is 11.2 Å². The van der Waals surface area contributed by atoms with Gasteiger partial charge in [-0.25, -0.2) is 14.8 Å². The lowest BCUT2D eigenvalue weighted by molar-refractivity contribution is -0.121. The van der Waals surface area contributed by atoms with Crippen LogP contribution in [0.1, 0.15) is 5.56 Å². The maximum atomic E-state index is 12.3. The lowest BCUT2D eigenvalue weighted by atomic mass is 10.4. The van der Waals surface area contributed by atoms with Gasteiger partial charge in [0.1, 0.15) is 6.54 Å². The van der Waals surface area contributed by atoms with Crippen molar-refractivity contribution in [3.05, 3.63) is 55.6 Å². The molecule has 0 aromatic carbocycles. The Morgan fingerprint density at radius 2 is 1.81 bits per heavy atom. The number of fused-ring (bicyclic) bond motifs is 1. The van der Waals surface area contributed by atoms with Gasteiger partial charge in [0.2, 0.25) is 5.91 Å². The van der Waals surface area contributed by atoms with E-state index in [9.17, 15) is 19.2 Å². The molecule has 0 fully saturated rings. The van der Waals surface area contributed by atoms with E-state index in [1.807, 2.05) is 0 Å². The SMILES string of the molecule is Cc1cncn(CCNC(=O)Cn2cnc3c2c(=O)n(C)c(=O)n3C)c1=O. The Balaban J connectivity index is 1.73. The number of hydrogen-bond donors (Lipinski definition) is 1. The molecule has 0 radical (unpaired) electrons. The van der Waals surface area contributed by atoms with E-state index in [0.717, 1.165) is 4.57 Å². The fourth-order valence-corrected chi connectivity index (χ4v) is 2.76. The summed E-state index contributed by atoms with van der Waals surface area (Å²) in [6.07, 6.45) is 4.24. The predicted octanol–water partition coefficient (Wildman–Crippen LogP) is -1.88. The number of nitrogens with zero attached hydrogens (tertiary/aromatic N) is 6. The first-order chi connectivity index (χ1) is 12.8. The average molecular weight is 373 g/mol. The molecule has 0 spiro atoms. The second-order valence-corrected chi connectivity index (χ2v) is 6.18. The first-order valence-electron chi connectivity index (χ1n) is 8.20. The number of amides is 1. The molecule has 0 saturated carbocycles. The third kappa shape index (κ3) is 3.30. The van der Waals surface area contributed by atoms with E-state index in [4.69, 9.17) is 0 Å². The van der Waals surface area contributed by atoms with Crippen molar-refractivity contribution in [3.63, 3.8) is 0 Å². The van der Waals surface area contributed by atoms with E-state index < -0.39 is 11.2 Å². The summed E-state index contributed by atoms with van der Waals surface area (Å²) in [4.78, 5) is 56.4. The Morgan fingerprint density at radius 1 is 1.07 bits per heavy atom. The number of rotatable bonds is 5. The molecule has 0 atom stereocenters. The molecule has 3 aromatic heterocycles. The molecule has 142 valence electrons. The molecule has 11 nitrogen and oxygen atoms in total. The van der Waals surface area contributed by atoms with Gasteiger partial charge in [-0.15, -0.1) is 0 Å². The van der Waals surface area contributed by atoms with Crippen molar-refractivity contribution >= 4 is 17.1 Å². The quantitative estimate of drug-likeness (QED) is 0.558. The summed E-state index contributed by atoms with van der Waals surface area (Å²) in [5.41, 5.74) is -0.253. The number of hydrogen-bond acceptors (Lipinski definition) is 6. The van der Waals surface area contributed by atoms with Gasteiger partial charge in [-0.3, -0.25) is 28.1 Å². The highest BCUT2D eigenvalue weighted by atomic mass is 16.2. The molecule has 11 heteroatoms. The fraction of sp³-hybridized carbons (Fsp3) is 0.375. The van der Waals surface area contributed by atoms with Crippen LogP contribution < -0.4 is 22.1 Å². The van der Waals surface area contributed by atoms with Crippen molar-refractivity contribution in [1.29, 1.82) is 0 Å². The summed E-state index contributed by atoms with van der Waals surface area (Å²) in [5.74, 6) is -0.348. The minimum Gasteiger partial charge on any atom is -0.353 e. The smallest absolute Gasteiger partial charge is 0.332 e. The van der Waals surface area contributed by atoms with Crippen LogP contribution in [0.15, 0.2) is 33.2 Å². The van der Waals surface area contributed by atoms with Crippen molar-refractivity contribution in [2.45, 2.75) is 20.0 Å². The van der Waals surface area contributed by atoms with E-state index in [-0.39, 0.29) is 42.3 Å². The van der Waals surface area contributed by atoms with Gasteiger partial charge in [0, 0.05) is 38.9 Å². The van der Waals surface area contributed by atoms with E-state index in [0.29, 0.717) is 5.56 Å². The van der Waals surface area contributed by atoms with E-state index in [1.165, 1.54) is 46.6 Å². The van der Waals surface area contributed by atoms with Crippen LogP contribution in [0.3, 0.4) is 0 Å². The Bertz CT molecular complexity index is 1200. The zero-order valence-electron chi connectivity index (χ0n) is 15.2. The van der Waals surface area contributed by atoms with Gasteiger partial charge in [0.05, 0.1) is 12.7 Å². The molecule has 0 bridgehead atoms. The van der Waals surface area contributed by atoms with Crippen LogP contribution in [-0.4, -0.2) is 40.7 Å². The molecule has 0 aliphatic heterocycles. The number of aryl methyl sites for hydroxylation is 2. The van der Waals surface area contributed by atoms with Crippen LogP contribution in [0.4, 0.5) is 0 Å². The van der Waals surface area contributed by atoms with Crippen molar-refractivity contribution in [1.82, 2.24) is 33.6 Å². The van der Waals surface area contributed by atoms with Crippen LogP contribution in [-0.2, 0) is 32.0 Å². The van der Waals surface area contributed by atoms with Gasteiger partial charge in [-0.2, -0.15) is 0 Å². The van der Waals surface area contributed by atoms with Gasteiger partial charge in [0.25, 0.3) is 11.1 Å². The highest BCUT2D eigenvalue weighted by molar-refractivity contribution is 5.78. The summed E-state index contributed by atoms with van der Waals surface area (Å²) < 4.78 is 5.03. The normalized spacial score (nSPS) is 11.1. The highest BCUT2D eigenvalue weighted by Crippen LogP contribution is 2.04. The second-order valence-electron chi connectivity index (χ2n) is 6.18. The fourth-order valence-electron chi connectivity index (χ4n) is 2.76. The number of carbonyl (C=O) groups excluding carboxylic acids is 1.